The fourth-order valence-electron chi connectivity index (χ4n) is 3.72. The standard InChI is InChI=1S/C22H23ClN4O4S/c1-13-17-19(31-3)24-16(12-30-2)25-20(17)32-18(13)22(29)27-10-8-26(9-11-27)21(28)14-4-6-15(23)7-5-14/h4-7H,8-12H2,1-3H3. The molecule has 0 aliphatic carbocycles. The number of ether oxygens (including phenoxy) is 2. The number of halogens is 1. The second-order valence-electron chi connectivity index (χ2n) is 7.41. The van der Waals surface area contributed by atoms with Gasteiger partial charge in [0.05, 0.1) is 17.4 Å². The molecule has 0 atom stereocenters. The largest absolute Gasteiger partial charge is 0.480 e. The van der Waals surface area contributed by atoms with Crippen LogP contribution in [0.5, 0.6) is 5.88 Å². The average molecular weight is 475 g/mol. The average Bonchev–Trinajstić information content (AvgIpc) is 3.14. The van der Waals surface area contributed by atoms with Crippen LogP contribution in [0, 0.1) is 6.92 Å². The van der Waals surface area contributed by atoms with E-state index in [0.717, 1.165) is 10.9 Å². The minimum absolute atomic E-state index is 0.0579. The van der Waals surface area contributed by atoms with Gasteiger partial charge in [-0.15, -0.1) is 11.3 Å². The molecule has 32 heavy (non-hydrogen) atoms. The maximum Gasteiger partial charge on any atom is 0.264 e. The summed E-state index contributed by atoms with van der Waals surface area (Å²) in [6, 6.07) is 6.84. The van der Waals surface area contributed by atoms with Crippen LogP contribution in [0.2, 0.25) is 5.02 Å². The molecule has 0 saturated carbocycles. The lowest BCUT2D eigenvalue weighted by molar-refractivity contribution is 0.0538. The van der Waals surface area contributed by atoms with E-state index in [1.807, 2.05) is 6.92 Å². The first-order valence-electron chi connectivity index (χ1n) is 10.1. The summed E-state index contributed by atoms with van der Waals surface area (Å²) < 4.78 is 10.6. The highest BCUT2D eigenvalue weighted by Crippen LogP contribution is 2.35. The van der Waals surface area contributed by atoms with Gasteiger partial charge in [0.2, 0.25) is 5.88 Å². The molecule has 2 aromatic heterocycles. The Hall–Kier alpha value is -2.75. The van der Waals surface area contributed by atoms with Gasteiger partial charge in [-0.3, -0.25) is 9.59 Å². The molecule has 4 rings (SSSR count). The topological polar surface area (TPSA) is 84.9 Å². The van der Waals surface area contributed by atoms with Crippen molar-refractivity contribution in [1.29, 1.82) is 0 Å². The molecule has 0 bridgehead atoms. The first-order valence-corrected chi connectivity index (χ1v) is 11.3. The molecule has 0 radical (unpaired) electrons. The van der Waals surface area contributed by atoms with E-state index in [2.05, 4.69) is 9.97 Å². The van der Waals surface area contributed by atoms with Gasteiger partial charge in [0.15, 0.2) is 5.82 Å². The monoisotopic (exact) mass is 474 g/mol. The Labute approximate surface area is 194 Å². The van der Waals surface area contributed by atoms with Crippen LogP contribution in [0.3, 0.4) is 0 Å². The lowest BCUT2D eigenvalue weighted by atomic mass is 10.1. The van der Waals surface area contributed by atoms with Crippen molar-refractivity contribution in [2.45, 2.75) is 13.5 Å². The summed E-state index contributed by atoms with van der Waals surface area (Å²) in [7, 11) is 3.12. The van der Waals surface area contributed by atoms with E-state index in [1.165, 1.54) is 11.3 Å². The van der Waals surface area contributed by atoms with E-state index in [1.54, 1.807) is 48.3 Å². The molecule has 8 nitrogen and oxygen atoms in total. The maximum atomic E-state index is 13.3. The predicted molar refractivity (Wildman–Crippen MR) is 123 cm³/mol. The third-order valence-corrected chi connectivity index (χ3v) is 6.84. The second-order valence-corrected chi connectivity index (χ2v) is 8.85. The quantitative estimate of drug-likeness (QED) is 0.563. The van der Waals surface area contributed by atoms with Crippen molar-refractivity contribution in [3.63, 3.8) is 0 Å². The lowest BCUT2D eigenvalue weighted by Crippen LogP contribution is -2.50. The number of aromatic nitrogens is 2. The number of amides is 2. The number of carbonyl (C=O) groups is 2. The van der Waals surface area contributed by atoms with E-state index in [4.69, 9.17) is 21.1 Å². The molecule has 3 aromatic rings. The fourth-order valence-corrected chi connectivity index (χ4v) is 5.01. The summed E-state index contributed by atoms with van der Waals surface area (Å²) in [6.45, 7) is 4.01. The molecule has 1 aliphatic heterocycles. The Kier molecular flexibility index (Phi) is 6.59. The van der Waals surface area contributed by atoms with Crippen molar-refractivity contribution < 1.29 is 19.1 Å². The van der Waals surface area contributed by atoms with Crippen molar-refractivity contribution in [3.8, 4) is 5.88 Å². The zero-order valence-electron chi connectivity index (χ0n) is 18.1. The number of methoxy groups -OCH3 is 2. The summed E-state index contributed by atoms with van der Waals surface area (Å²) in [6.07, 6.45) is 0. The molecule has 0 unspecified atom stereocenters. The molecule has 1 aromatic carbocycles. The van der Waals surface area contributed by atoms with Gasteiger partial charge in [0.25, 0.3) is 11.8 Å². The molecule has 10 heteroatoms. The second kappa shape index (κ2) is 9.40. The third kappa shape index (κ3) is 4.28. The molecule has 3 heterocycles. The molecule has 1 aliphatic rings. The van der Waals surface area contributed by atoms with Crippen molar-refractivity contribution in [1.82, 2.24) is 19.8 Å². The van der Waals surface area contributed by atoms with Crippen LogP contribution in [0.4, 0.5) is 0 Å². The number of thiophene rings is 1. The van der Waals surface area contributed by atoms with Crippen LogP contribution in [-0.4, -0.2) is 72.0 Å². The SMILES string of the molecule is COCc1nc(OC)c2c(C)c(C(=O)N3CCN(C(=O)c4ccc(Cl)cc4)CC3)sc2n1. The van der Waals surface area contributed by atoms with Gasteiger partial charge >= 0.3 is 0 Å². The number of hydrogen-bond donors (Lipinski definition) is 0. The molecule has 0 N–H and O–H groups in total. The van der Waals surface area contributed by atoms with E-state index in [-0.39, 0.29) is 18.4 Å². The highest BCUT2D eigenvalue weighted by atomic mass is 35.5. The van der Waals surface area contributed by atoms with Gasteiger partial charge in [0, 0.05) is 43.9 Å². The Morgan fingerprint density at radius 1 is 1.03 bits per heavy atom. The molecule has 1 saturated heterocycles. The van der Waals surface area contributed by atoms with Crippen molar-refractivity contribution in [2.75, 3.05) is 40.4 Å². The summed E-state index contributed by atoms with van der Waals surface area (Å²) >= 11 is 7.24. The van der Waals surface area contributed by atoms with Crippen molar-refractivity contribution in [2.24, 2.45) is 0 Å². The van der Waals surface area contributed by atoms with Crippen LogP contribution in [0.1, 0.15) is 31.4 Å². The van der Waals surface area contributed by atoms with Gasteiger partial charge in [-0.1, -0.05) is 11.6 Å². The summed E-state index contributed by atoms with van der Waals surface area (Å²) in [5, 5.41) is 1.34. The smallest absolute Gasteiger partial charge is 0.264 e. The summed E-state index contributed by atoms with van der Waals surface area (Å²) in [4.78, 5) is 39.8. The van der Waals surface area contributed by atoms with Crippen LogP contribution < -0.4 is 4.74 Å². The van der Waals surface area contributed by atoms with Crippen LogP contribution in [0.25, 0.3) is 10.2 Å². The zero-order valence-corrected chi connectivity index (χ0v) is 19.6. The summed E-state index contributed by atoms with van der Waals surface area (Å²) in [5.74, 6) is 0.816. The Morgan fingerprint density at radius 2 is 1.66 bits per heavy atom. The number of aryl methyl sites for hydroxylation is 1. The molecule has 2 amide bonds. The first kappa shape index (κ1) is 22.4. The van der Waals surface area contributed by atoms with E-state index >= 15 is 0 Å². The lowest BCUT2D eigenvalue weighted by Gasteiger charge is -2.34. The number of piperazine rings is 1. The zero-order chi connectivity index (χ0) is 22.8. The minimum Gasteiger partial charge on any atom is -0.480 e. The van der Waals surface area contributed by atoms with Gasteiger partial charge in [-0.25, -0.2) is 4.98 Å². The Morgan fingerprint density at radius 3 is 2.25 bits per heavy atom. The first-order chi connectivity index (χ1) is 15.4. The number of fused-ring (bicyclic) bond motifs is 1. The number of carbonyl (C=O) groups excluding carboxylic acids is 2. The predicted octanol–water partition coefficient (Wildman–Crippen LogP) is 3.41. The Bertz CT molecular complexity index is 1160. The molecule has 168 valence electrons. The number of nitrogens with zero attached hydrogens (tertiary/aromatic N) is 4. The van der Waals surface area contributed by atoms with Gasteiger partial charge in [-0.05, 0) is 36.8 Å². The molecule has 0 spiro atoms. The number of benzene rings is 1. The number of hydrogen-bond acceptors (Lipinski definition) is 7. The maximum absolute atomic E-state index is 13.3. The van der Waals surface area contributed by atoms with E-state index in [9.17, 15) is 9.59 Å². The highest BCUT2D eigenvalue weighted by molar-refractivity contribution is 7.20. The van der Waals surface area contributed by atoms with E-state index in [0.29, 0.717) is 58.2 Å². The third-order valence-electron chi connectivity index (χ3n) is 5.41. The molecular formula is C22H23ClN4O4S. The molecular weight excluding hydrogens is 452 g/mol. The normalized spacial score (nSPS) is 14.1. The van der Waals surface area contributed by atoms with Gasteiger partial charge in [-0.2, -0.15) is 4.98 Å². The van der Waals surface area contributed by atoms with Crippen LogP contribution >= 0.6 is 22.9 Å². The number of rotatable bonds is 5. The van der Waals surface area contributed by atoms with Crippen LogP contribution in [0.15, 0.2) is 24.3 Å². The highest BCUT2D eigenvalue weighted by Gasteiger charge is 2.29. The van der Waals surface area contributed by atoms with Gasteiger partial charge < -0.3 is 19.3 Å². The van der Waals surface area contributed by atoms with E-state index < -0.39 is 0 Å². The molecule has 1 fully saturated rings. The van der Waals surface area contributed by atoms with Gasteiger partial charge in [0.1, 0.15) is 11.4 Å². The fraction of sp³-hybridized carbons (Fsp3) is 0.364. The van der Waals surface area contributed by atoms with Crippen molar-refractivity contribution in [3.05, 3.63) is 51.1 Å². The Balaban J connectivity index is 1.51. The minimum atomic E-state index is -0.0700. The van der Waals surface area contributed by atoms with Crippen LogP contribution in [-0.2, 0) is 11.3 Å². The summed E-state index contributed by atoms with van der Waals surface area (Å²) in [5.41, 5.74) is 1.39. The van der Waals surface area contributed by atoms with Crippen molar-refractivity contribution >= 4 is 45.0 Å².